The minimum Gasteiger partial charge on any atom is -0.360 e. The molecule has 0 spiro atoms. The van der Waals surface area contributed by atoms with Gasteiger partial charge in [0.25, 0.3) is 11.8 Å². The molecule has 2 atom stereocenters. The van der Waals surface area contributed by atoms with E-state index in [1.807, 2.05) is 23.1 Å². The van der Waals surface area contributed by atoms with Crippen molar-refractivity contribution in [2.45, 2.75) is 63.5 Å². The standard InChI is InChI=1S/C28H31ClN4O3/c29-22-17-30-25-16-19(11-14-21(22)25)28(36)32-24-7-4-3-6-23(24)31-27(35)18-9-12-20(13-10-18)33-15-5-1-2-8-26(33)34/h9-14,16-17,23-24,30H,1-8,15H2,(H,31,35)(H,32,36)/t23-,24+/m0/s1. The van der Waals surface area contributed by atoms with E-state index in [1.165, 1.54) is 0 Å². The Hall–Kier alpha value is -3.32. The lowest BCUT2D eigenvalue weighted by Gasteiger charge is -2.33. The first-order valence-electron chi connectivity index (χ1n) is 12.8. The number of amides is 3. The Labute approximate surface area is 215 Å². The van der Waals surface area contributed by atoms with Crippen molar-refractivity contribution in [2.24, 2.45) is 0 Å². The third kappa shape index (κ3) is 5.26. The van der Waals surface area contributed by atoms with Gasteiger partial charge in [0.2, 0.25) is 5.91 Å². The van der Waals surface area contributed by atoms with Crippen LogP contribution in [-0.2, 0) is 4.79 Å². The van der Waals surface area contributed by atoms with E-state index in [2.05, 4.69) is 15.6 Å². The van der Waals surface area contributed by atoms with Gasteiger partial charge in [-0.3, -0.25) is 14.4 Å². The second kappa shape index (κ2) is 10.7. The monoisotopic (exact) mass is 506 g/mol. The van der Waals surface area contributed by atoms with Crippen LogP contribution >= 0.6 is 11.6 Å². The Kier molecular flexibility index (Phi) is 7.28. The van der Waals surface area contributed by atoms with Gasteiger partial charge in [0.1, 0.15) is 0 Å². The molecule has 2 heterocycles. The molecule has 3 amide bonds. The Morgan fingerprint density at radius 1 is 0.861 bits per heavy atom. The van der Waals surface area contributed by atoms with E-state index in [9.17, 15) is 14.4 Å². The molecule has 2 aliphatic rings. The van der Waals surface area contributed by atoms with Gasteiger partial charge in [0, 0.05) is 59.0 Å². The number of anilines is 1. The highest BCUT2D eigenvalue weighted by Gasteiger charge is 2.29. The molecule has 1 aliphatic carbocycles. The quantitative estimate of drug-likeness (QED) is 0.444. The van der Waals surface area contributed by atoms with Crippen molar-refractivity contribution < 1.29 is 14.4 Å². The Balaban J connectivity index is 1.23. The van der Waals surface area contributed by atoms with E-state index >= 15 is 0 Å². The molecule has 1 saturated carbocycles. The lowest BCUT2D eigenvalue weighted by atomic mass is 9.89. The Bertz CT molecular complexity index is 1270. The number of nitrogens with one attached hydrogen (secondary N) is 3. The van der Waals surface area contributed by atoms with E-state index in [1.54, 1.807) is 30.5 Å². The summed E-state index contributed by atoms with van der Waals surface area (Å²) in [4.78, 5) is 43.3. The number of H-pyrrole nitrogens is 1. The molecule has 7 nitrogen and oxygen atoms in total. The van der Waals surface area contributed by atoms with Crippen LogP contribution < -0.4 is 15.5 Å². The van der Waals surface area contributed by atoms with Gasteiger partial charge in [-0.1, -0.05) is 36.9 Å². The van der Waals surface area contributed by atoms with Crippen molar-refractivity contribution in [1.82, 2.24) is 15.6 Å². The molecule has 0 unspecified atom stereocenters. The first-order valence-corrected chi connectivity index (χ1v) is 13.2. The van der Waals surface area contributed by atoms with Gasteiger partial charge >= 0.3 is 0 Å². The lowest BCUT2D eigenvalue weighted by molar-refractivity contribution is -0.118. The summed E-state index contributed by atoms with van der Waals surface area (Å²) >= 11 is 6.15. The Morgan fingerprint density at radius 3 is 2.25 bits per heavy atom. The van der Waals surface area contributed by atoms with Crippen molar-refractivity contribution in [3.05, 3.63) is 64.8 Å². The van der Waals surface area contributed by atoms with E-state index < -0.39 is 0 Å². The molecule has 1 saturated heterocycles. The van der Waals surface area contributed by atoms with Crippen molar-refractivity contribution in [1.29, 1.82) is 0 Å². The molecule has 36 heavy (non-hydrogen) atoms. The zero-order valence-electron chi connectivity index (χ0n) is 20.2. The molecule has 5 rings (SSSR count). The van der Waals surface area contributed by atoms with Gasteiger partial charge in [-0.25, -0.2) is 0 Å². The summed E-state index contributed by atoms with van der Waals surface area (Å²) in [6.45, 7) is 0.720. The predicted octanol–water partition coefficient (Wildman–Crippen LogP) is 5.20. The van der Waals surface area contributed by atoms with Gasteiger partial charge in [-0.2, -0.15) is 0 Å². The van der Waals surface area contributed by atoms with Gasteiger partial charge in [0.05, 0.1) is 5.02 Å². The zero-order valence-corrected chi connectivity index (χ0v) is 20.9. The minimum absolute atomic E-state index is 0.143. The van der Waals surface area contributed by atoms with Crippen LogP contribution in [0.4, 0.5) is 5.69 Å². The van der Waals surface area contributed by atoms with E-state index in [0.717, 1.165) is 68.1 Å². The van der Waals surface area contributed by atoms with E-state index in [-0.39, 0.29) is 29.8 Å². The smallest absolute Gasteiger partial charge is 0.251 e. The van der Waals surface area contributed by atoms with Crippen molar-refractivity contribution >= 4 is 45.9 Å². The average molecular weight is 507 g/mol. The largest absolute Gasteiger partial charge is 0.360 e. The second-order valence-electron chi connectivity index (χ2n) is 9.74. The number of nitrogens with zero attached hydrogens (tertiary/aromatic N) is 1. The number of aromatic nitrogens is 1. The van der Waals surface area contributed by atoms with Crippen LogP contribution in [0.25, 0.3) is 10.9 Å². The fraction of sp³-hybridized carbons (Fsp3) is 0.393. The van der Waals surface area contributed by atoms with Crippen LogP contribution in [0.15, 0.2) is 48.7 Å². The third-order valence-electron chi connectivity index (χ3n) is 7.31. The fourth-order valence-electron chi connectivity index (χ4n) is 5.26. The number of carbonyl (C=O) groups excluding carboxylic acids is 3. The SMILES string of the molecule is O=C(N[C@H]1CCCC[C@H]1NC(=O)c1ccc2c(Cl)c[nH]c2c1)c1ccc(N2CCCCCC2=O)cc1. The van der Waals surface area contributed by atoms with Crippen molar-refractivity contribution in [3.63, 3.8) is 0 Å². The molecule has 188 valence electrons. The lowest BCUT2D eigenvalue weighted by Crippen LogP contribution is -2.53. The number of carbonyl (C=O) groups is 3. The molecule has 0 bridgehead atoms. The summed E-state index contributed by atoms with van der Waals surface area (Å²) in [5.41, 5.74) is 2.74. The summed E-state index contributed by atoms with van der Waals surface area (Å²) in [5, 5.41) is 7.77. The van der Waals surface area contributed by atoms with Crippen molar-refractivity contribution in [3.8, 4) is 0 Å². The van der Waals surface area contributed by atoms with E-state index in [4.69, 9.17) is 11.6 Å². The highest BCUT2D eigenvalue weighted by atomic mass is 35.5. The third-order valence-corrected chi connectivity index (χ3v) is 7.62. The van der Waals surface area contributed by atoms with Gasteiger partial charge in [-0.05, 0) is 62.1 Å². The van der Waals surface area contributed by atoms with Crippen LogP contribution in [0.2, 0.25) is 5.02 Å². The number of fused-ring (bicyclic) bond motifs is 1. The molecule has 2 fully saturated rings. The van der Waals surface area contributed by atoms with Gasteiger partial charge in [0.15, 0.2) is 0 Å². The maximum Gasteiger partial charge on any atom is 0.251 e. The molecule has 3 N–H and O–H groups in total. The first-order chi connectivity index (χ1) is 17.5. The molecule has 1 aliphatic heterocycles. The first kappa shape index (κ1) is 24.4. The molecule has 0 radical (unpaired) electrons. The number of aromatic amines is 1. The summed E-state index contributed by atoms with van der Waals surface area (Å²) in [7, 11) is 0. The number of halogens is 1. The number of benzene rings is 2. The van der Waals surface area contributed by atoms with Crippen molar-refractivity contribution in [2.75, 3.05) is 11.4 Å². The molecule has 3 aromatic rings. The topological polar surface area (TPSA) is 94.3 Å². The molecular formula is C28H31ClN4O3. The number of rotatable bonds is 5. The fourth-order valence-corrected chi connectivity index (χ4v) is 5.48. The highest BCUT2D eigenvalue weighted by Crippen LogP contribution is 2.25. The maximum absolute atomic E-state index is 13.0. The molecule has 1 aromatic heterocycles. The average Bonchev–Trinajstić information content (AvgIpc) is 3.12. The summed E-state index contributed by atoms with van der Waals surface area (Å²) < 4.78 is 0. The molecule has 8 heteroatoms. The van der Waals surface area contributed by atoms with Crippen LogP contribution in [0.5, 0.6) is 0 Å². The zero-order chi connectivity index (χ0) is 25.1. The molecular weight excluding hydrogens is 476 g/mol. The number of hydrogen-bond donors (Lipinski definition) is 3. The summed E-state index contributed by atoms with van der Waals surface area (Å²) in [6.07, 6.45) is 8.89. The van der Waals surface area contributed by atoms with Gasteiger partial charge < -0.3 is 20.5 Å². The van der Waals surface area contributed by atoms with E-state index in [0.29, 0.717) is 22.6 Å². The van der Waals surface area contributed by atoms with Crippen LogP contribution in [0.1, 0.15) is 72.1 Å². The molecule has 2 aromatic carbocycles. The van der Waals surface area contributed by atoms with Gasteiger partial charge in [-0.15, -0.1) is 0 Å². The summed E-state index contributed by atoms with van der Waals surface area (Å²) in [5.74, 6) is -0.193. The second-order valence-corrected chi connectivity index (χ2v) is 10.2. The van der Waals surface area contributed by atoms with Crippen LogP contribution in [-0.4, -0.2) is 41.3 Å². The predicted molar refractivity (Wildman–Crippen MR) is 142 cm³/mol. The minimum atomic E-state index is -0.169. The number of hydrogen-bond acceptors (Lipinski definition) is 3. The van der Waals surface area contributed by atoms with Crippen LogP contribution in [0.3, 0.4) is 0 Å². The summed E-state index contributed by atoms with van der Waals surface area (Å²) in [6, 6.07) is 12.4. The highest BCUT2D eigenvalue weighted by molar-refractivity contribution is 6.35. The Morgan fingerprint density at radius 2 is 1.53 bits per heavy atom. The normalized spacial score (nSPS) is 20.7. The van der Waals surface area contributed by atoms with Crippen LogP contribution in [0, 0.1) is 0 Å². The maximum atomic E-state index is 13.0.